The zero-order chi connectivity index (χ0) is 16.1. The Bertz CT molecular complexity index is 468. The molecule has 0 aromatic rings. The molecule has 0 saturated heterocycles. The Morgan fingerprint density at radius 1 is 1.29 bits per heavy atom. The van der Waals surface area contributed by atoms with Crippen molar-refractivity contribution < 1.29 is 9.53 Å². The lowest BCUT2D eigenvalue weighted by atomic mass is 9.66. The maximum absolute atomic E-state index is 12.1. The summed E-state index contributed by atoms with van der Waals surface area (Å²) < 4.78 is 4.99. The van der Waals surface area contributed by atoms with Gasteiger partial charge in [-0.15, -0.1) is 0 Å². The minimum atomic E-state index is -0.342. The van der Waals surface area contributed by atoms with Crippen LogP contribution in [-0.2, 0) is 9.53 Å². The van der Waals surface area contributed by atoms with Crippen LogP contribution < -0.4 is 0 Å². The zero-order valence-electron chi connectivity index (χ0n) is 14.7. The summed E-state index contributed by atoms with van der Waals surface area (Å²) in [6.07, 6.45) is 4.42. The van der Waals surface area contributed by atoms with E-state index in [2.05, 4.69) is 41.5 Å². The van der Waals surface area contributed by atoms with E-state index in [1.807, 2.05) is 0 Å². The summed E-state index contributed by atoms with van der Waals surface area (Å²) in [5.74, 6) is 0.0368. The number of fused-ring (bicyclic) bond motifs is 2. The van der Waals surface area contributed by atoms with Gasteiger partial charge in [0.15, 0.2) is 0 Å². The van der Waals surface area contributed by atoms with Crippen molar-refractivity contribution in [3.05, 3.63) is 0 Å². The zero-order valence-corrected chi connectivity index (χ0v) is 14.7. The fraction of sp³-hybridized carbons (Fsp3) is 0.889. The van der Waals surface area contributed by atoms with Crippen molar-refractivity contribution in [1.82, 2.24) is 0 Å². The molecule has 2 aliphatic carbocycles. The van der Waals surface area contributed by atoms with Crippen LogP contribution in [0, 0.1) is 22.2 Å². The van der Waals surface area contributed by atoms with Crippen LogP contribution in [0.1, 0.15) is 67.2 Å². The van der Waals surface area contributed by atoms with Crippen LogP contribution in [0.3, 0.4) is 0 Å². The van der Waals surface area contributed by atoms with Crippen molar-refractivity contribution in [3.63, 3.8) is 0 Å². The molecular weight excluding hydrogens is 262 g/mol. The molecule has 4 atom stereocenters. The van der Waals surface area contributed by atoms with Gasteiger partial charge in [0.2, 0.25) is 0 Å². The lowest BCUT2D eigenvalue weighted by Crippen LogP contribution is -2.36. The van der Waals surface area contributed by atoms with E-state index >= 15 is 0 Å². The number of carbonyl (C=O) groups is 1. The molecule has 0 aromatic heterocycles. The molecule has 0 heterocycles. The number of carbonyl (C=O) groups excluding carboxylic acids is 1. The van der Waals surface area contributed by atoms with Gasteiger partial charge in [-0.1, -0.05) is 48.0 Å². The van der Waals surface area contributed by atoms with E-state index in [9.17, 15) is 4.79 Å². The van der Waals surface area contributed by atoms with Crippen LogP contribution in [0.5, 0.6) is 0 Å². The first kappa shape index (κ1) is 16.5. The summed E-state index contributed by atoms with van der Waals surface area (Å²) in [6, 6.07) is -0.342. The molecule has 2 aliphatic rings. The average molecular weight is 293 g/mol. The number of esters is 1. The first-order chi connectivity index (χ1) is 9.63. The molecule has 120 valence electrons. The first-order valence-corrected chi connectivity index (χ1v) is 8.28. The molecule has 2 saturated carbocycles. The van der Waals surface area contributed by atoms with Gasteiger partial charge < -0.3 is 4.74 Å². The molecule has 0 aromatic carbocycles. The van der Waals surface area contributed by atoms with Crippen LogP contribution in [0.4, 0.5) is 0 Å². The quantitative estimate of drug-likeness (QED) is 0.727. The monoisotopic (exact) mass is 293 g/mol. The van der Waals surface area contributed by atoms with Crippen molar-refractivity contribution in [3.8, 4) is 0 Å². The molecular formula is C18H31NO2. The summed E-state index contributed by atoms with van der Waals surface area (Å²) in [5, 5.41) is 0. The second-order valence-corrected chi connectivity index (χ2v) is 8.12. The van der Waals surface area contributed by atoms with Crippen LogP contribution in [0.15, 0.2) is 4.99 Å². The number of rotatable bonds is 4. The number of methoxy groups -OCH3 is 1. The van der Waals surface area contributed by atoms with E-state index in [-0.39, 0.29) is 28.8 Å². The van der Waals surface area contributed by atoms with Gasteiger partial charge in [-0.25, -0.2) is 4.79 Å². The fourth-order valence-corrected chi connectivity index (χ4v) is 4.31. The predicted molar refractivity (Wildman–Crippen MR) is 86.5 cm³/mol. The second-order valence-electron chi connectivity index (χ2n) is 8.12. The van der Waals surface area contributed by atoms with Gasteiger partial charge in [-0.2, -0.15) is 0 Å². The molecule has 21 heavy (non-hydrogen) atoms. The van der Waals surface area contributed by atoms with Crippen LogP contribution in [0.2, 0.25) is 0 Å². The Kier molecular flexibility index (Phi) is 4.01. The minimum Gasteiger partial charge on any atom is -0.467 e. The Morgan fingerprint density at radius 2 is 1.90 bits per heavy atom. The third-order valence-corrected chi connectivity index (χ3v) is 7.18. The highest BCUT2D eigenvalue weighted by Gasteiger charge is 2.66. The third-order valence-electron chi connectivity index (χ3n) is 7.18. The van der Waals surface area contributed by atoms with Gasteiger partial charge in [-0.3, -0.25) is 4.99 Å². The highest BCUT2D eigenvalue weighted by Crippen LogP contribution is 2.70. The number of hydrogen-bond donors (Lipinski definition) is 0. The molecule has 3 nitrogen and oxygen atoms in total. The number of hydrogen-bond acceptors (Lipinski definition) is 3. The van der Waals surface area contributed by atoms with Crippen molar-refractivity contribution in [1.29, 1.82) is 0 Å². The van der Waals surface area contributed by atoms with E-state index in [1.54, 1.807) is 0 Å². The van der Waals surface area contributed by atoms with Crippen molar-refractivity contribution in [2.24, 2.45) is 27.2 Å². The summed E-state index contributed by atoms with van der Waals surface area (Å²) in [7, 11) is 1.46. The van der Waals surface area contributed by atoms with Gasteiger partial charge in [0.1, 0.15) is 6.04 Å². The highest BCUT2D eigenvalue weighted by molar-refractivity contribution is 5.96. The highest BCUT2D eigenvalue weighted by atomic mass is 16.5. The van der Waals surface area contributed by atoms with E-state index in [0.29, 0.717) is 5.41 Å². The average Bonchev–Trinajstić information content (AvgIpc) is 2.71. The topological polar surface area (TPSA) is 38.7 Å². The molecule has 1 unspecified atom stereocenters. The Labute approximate surface area is 129 Å². The summed E-state index contributed by atoms with van der Waals surface area (Å²) in [5.41, 5.74) is 1.93. The van der Waals surface area contributed by atoms with Gasteiger partial charge in [-0.05, 0) is 36.0 Å². The molecule has 2 fully saturated rings. The third kappa shape index (κ3) is 2.15. The van der Waals surface area contributed by atoms with E-state index in [0.717, 1.165) is 12.8 Å². The van der Waals surface area contributed by atoms with Crippen molar-refractivity contribution >= 4 is 11.7 Å². The van der Waals surface area contributed by atoms with E-state index in [4.69, 9.17) is 9.73 Å². The van der Waals surface area contributed by atoms with Gasteiger partial charge in [0.05, 0.1) is 7.11 Å². The van der Waals surface area contributed by atoms with E-state index in [1.165, 1.54) is 25.7 Å². The molecule has 2 rings (SSSR count). The van der Waals surface area contributed by atoms with E-state index < -0.39 is 0 Å². The normalized spacial score (nSPS) is 38.5. The maximum atomic E-state index is 12.1. The van der Waals surface area contributed by atoms with Gasteiger partial charge >= 0.3 is 5.97 Å². The summed E-state index contributed by atoms with van der Waals surface area (Å²) in [6.45, 7) is 13.7. The van der Waals surface area contributed by atoms with Gasteiger partial charge in [0.25, 0.3) is 0 Å². The smallest absolute Gasteiger partial charge is 0.330 e. The Morgan fingerprint density at radius 3 is 2.29 bits per heavy atom. The van der Waals surface area contributed by atoms with Gasteiger partial charge in [0, 0.05) is 11.1 Å². The Hall–Kier alpha value is -0.860. The first-order valence-electron chi connectivity index (χ1n) is 8.28. The molecule has 0 aliphatic heterocycles. The number of ether oxygens (including phenoxy) is 1. The molecule has 0 N–H and O–H groups in total. The molecule has 3 heteroatoms. The standard InChI is InChI=1S/C18H31NO2/c1-8-12(2)14(15(20)21-7)19-13-11-17(5)9-10-18(13,6)16(17,3)4/h12,14H,8-11H2,1-7H3/t12?,14-,17+,18-/m0/s1. The molecule has 0 amide bonds. The molecule has 0 radical (unpaired) electrons. The minimum absolute atomic E-state index is 0.126. The molecule has 0 spiro atoms. The maximum Gasteiger partial charge on any atom is 0.330 e. The number of aliphatic imine (C=N–C) groups is 1. The predicted octanol–water partition coefficient (Wildman–Crippen LogP) is 4.25. The van der Waals surface area contributed by atoms with Crippen molar-refractivity contribution in [2.75, 3.05) is 7.11 Å². The van der Waals surface area contributed by atoms with Crippen LogP contribution in [-0.4, -0.2) is 24.8 Å². The number of nitrogens with zero attached hydrogens (tertiary/aromatic N) is 1. The summed E-state index contributed by atoms with van der Waals surface area (Å²) >= 11 is 0. The van der Waals surface area contributed by atoms with Crippen LogP contribution >= 0.6 is 0 Å². The summed E-state index contributed by atoms with van der Waals surface area (Å²) in [4.78, 5) is 17.1. The SMILES string of the molecule is CCC(C)[C@H](N=C1C[C@@]2(C)CC[C@]1(C)C2(C)C)C(=O)OC. The lowest BCUT2D eigenvalue weighted by Gasteiger charge is -2.38. The van der Waals surface area contributed by atoms with Crippen molar-refractivity contribution in [2.45, 2.75) is 73.3 Å². The fourth-order valence-electron chi connectivity index (χ4n) is 4.31. The Balaban J connectivity index is 2.39. The van der Waals surface area contributed by atoms with Crippen LogP contribution in [0.25, 0.3) is 0 Å². The lowest BCUT2D eigenvalue weighted by molar-refractivity contribution is -0.143. The largest absolute Gasteiger partial charge is 0.467 e. The second kappa shape index (κ2) is 5.10. The molecule has 2 bridgehead atoms.